The van der Waals surface area contributed by atoms with Gasteiger partial charge in [-0.2, -0.15) is 0 Å². The smallest absolute Gasteiger partial charge is 0.253 e. The van der Waals surface area contributed by atoms with Gasteiger partial charge < -0.3 is 10.4 Å². The van der Waals surface area contributed by atoms with E-state index in [2.05, 4.69) is 58.1 Å². The molecule has 1 amide bonds. The van der Waals surface area contributed by atoms with Crippen LogP contribution in [0.2, 0.25) is 0 Å². The van der Waals surface area contributed by atoms with Crippen molar-refractivity contribution in [2.45, 2.75) is 130 Å². The van der Waals surface area contributed by atoms with Gasteiger partial charge in [-0.1, -0.05) is 123 Å². The van der Waals surface area contributed by atoms with Crippen molar-refractivity contribution < 1.29 is 9.90 Å². The lowest BCUT2D eigenvalue weighted by molar-refractivity contribution is -0.124. The first kappa shape index (κ1) is 26.7. The number of unbranched alkanes of at least 4 members (excludes halogenated alkanes) is 10. The van der Waals surface area contributed by atoms with Crippen LogP contribution in [0.25, 0.3) is 0 Å². The number of carbonyl (C=O) groups excluding carboxylic acids is 1. The number of hydrogen-bond donors (Lipinski definition) is 2. The highest BCUT2D eigenvalue weighted by molar-refractivity contribution is 5.95. The van der Waals surface area contributed by atoms with E-state index in [0.29, 0.717) is 18.3 Å². The second kappa shape index (κ2) is 15.5. The molecule has 3 nitrogen and oxygen atoms in total. The SMILES string of the molecule is CCCCCCCCCCCCCC(O)C(=O)Nc1c(C(C)C)cccc1C(C)C. The van der Waals surface area contributed by atoms with Crippen LogP contribution >= 0.6 is 0 Å². The molecule has 0 saturated carbocycles. The molecule has 0 heterocycles. The van der Waals surface area contributed by atoms with Gasteiger partial charge in [0.15, 0.2) is 0 Å². The Morgan fingerprint density at radius 1 is 0.800 bits per heavy atom. The number of hydrogen-bond acceptors (Lipinski definition) is 2. The maximum atomic E-state index is 12.6. The van der Waals surface area contributed by atoms with Gasteiger partial charge in [-0.3, -0.25) is 4.79 Å². The Kier molecular flexibility index (Phi) is 13.7. The number of aliphatic hydroxyl groups excluding tert-OH is 1. The quantitative estimate of drug-likeness (QED) is 0.268. The van der Waals surface area contributed by atoms with Gasteiger partial charge in [0.2, 0.25) is 0 Å². The van der Waals surface area contributed by atoms with Crippen LogP contribution in [0.15, 0.2) is 18.2 Å². The molecule has 0 aliphatic heterocycles. The molecule has 1 aromatic rings. The number of aliphatic hydroxyl groups is 1. The van der Waals surface area contributed by atoms with Gasteiger partial charge in [0.1, 0.15) is 6.10 Å². The van der Waals surface area contributed by atoms with Crippen LogP contribution in [0.3, 0.4) is 0 Å². The molecule has 1 unspecified atom stereocenters. The normalized spacial score (nSPS) is 12.5. The van der Waals surface area contributed by atoms with E-state index in [9.17, 15) is 9.90 Å². The van der Waals surface area contributed by atoms with E-state index < -0.39 is 6.10 Å². The van der Waals surface area contributed by atoms with Gasteiger partial charge in [-0.05, 0) is 29.4 Å². The summed E-state index contributed by atoms with van der Waals surface area (Å²) in [5.41, 5.74) is 3.17. The molecule has 0 aliphatic rings. The molecule has 0 bridgehead atoms. The molecule has 1 aromatic carbocycles. The highest BCUT2D eigenvalue weighted by Gasteiger charge is 2.20. The Balaban J connectivity index is 2.33. The first-order valence-corrected chi connectivity index (χ1v) is 12.5. The molecular formula is C27H47NO2. The summed E-state index contributed by atoms with van der Waals surface area (Å²) >= 11 is 0. The molecule has 0 spiro atoms. The van der Waals surface area contributed by atoms with Gasteiger partial charge in [-0.25, -0.2) is 0 Å². The zero-order chi connectivity index (χ0) is 22.4. The number of anilines is 1. The predicted molar refractivity (Wildman–Crippen MR) is 130 cm³/mol. The van der Waals surface area contributed by atoms with E-state index >= 15 is 0 Å². The molecule has 0 saturated heterocycles. The summed E-state index contributed by atoms with van der Waals surface area (Å²) in [5, 5.41) is 13.4. The van der Waals surface area contributed by atoms with E-state index in [-0.39, 0.29) is 5.91 Å². The minimum absolute atomic E-state index is 0.267. The summed E-state index contributed by atoms with van der Waals surface area (Å²) in [5.74, 6) is 0.377. The third kappa shape index (κ3) is 10.1. The third-order valence-corrected chi connectivity index (χ3v) is 6.00. The first-order chi connectivity index (χ1) is 14.4. The summed E-state index contributed by atoms with van der Waals surface area (Å²) < 4.78 is 0. The van der Waals surface area contributed by atoms with E-state index in [0.717, 1.165) is 29.7 Å². The van der Waals surface area contributed by atoms with Crippen molar-refractivity contribution in [3.05, 3.63) is 29.3 Å². The van der Waals surface area contributed by atoms with Crippen LogP contribution in [0, 0.1) is 0 Å². The van der Waals surface area contributed by atoms with Crippen molar-refractivity contribution in [3.63, 3.8) is 0 Å². The fraction of sp³-hybridized carbons (Fsp3) is 0.741. The first-order valence-electron chi connectivity index (χ1n) is 12.5. The third-order valence-electron chi connectivity index (χ3n) is 6.00. The minimum atomic E-state index is -0.927. The molecule has 0 radical (unpaired) electrons. The maximum absolute atomic E-state index is 12.6. The standard InChI is InChI=1S/C27H47NO2/c1-6-7-8-9-10-11-12-13-14-15-16-20-25(29)27(30)28-26-23(21(2)3)18-17-19-24(26)22(4)5/h17-19,21-22,25,29H,6-16,20H2,1-5H3,(H,28,30). The monoisotopic (exact) mass is 417 g/mol. The van der Waals surface area contributed by atoms with E-state index in [4.69, 9.17) is 0 Å². The Hall–Kier alpha value is -1.35. The number of nitrogens with one attached hydrogen (secondary N) is 1. The van der Waals surface area contributed by atoms with E-state index in [1.165, 1.54) is 57.8 Å². The number of para-hydroxylation sites is 1. The fourth-order valence-corrected chi connectivity index (χ4v) is 4.03. The predicted octanol–water partition coefficient (Wildman–Crippen LogP) is 7.93. The zero-order valence-corrected chi connectivity index (χ0v) is 20.3. The molecule has 0 aromatic heterocycles. The molecule has 1 rings (SSSR count). The van der Waals surface area contributed by atoms with E-state index in [1.807, 2.05) is 0 Å². The van der Waals surface area contributed by atoms with Gasteiger partial charge in [0, 0.05) is 5.69 Å². The van der Waals surface area contributed by atoms with Gasteiger partial charge >= 0.3 is 0 Å². The lowest BCUT2D eigenvalue weighted by Crippen LogP contribution is -2.28. The van der Waals surface area contributed by atoms with E-state index in [1.54, 1.807) is 0 Å². The fourth-order valence-electron chi connectivity index (χ4n) is 4.03. The van der Waals surface area contributed by atoms with Crippen LogP contribution in [-0.2, 0) is 4.79 Å². The summed E-state index contributed by atoms with van der Waals surface area (Å²) in [7, 11) is 0. The maximum Gasteiger partial charge on any atom is 0.253 e. The largest absolute Gasteiger partial charge is 0.383 e. The van der Waals surface area contributed by atoms with Crippen LogP contribution in [0.5, 0.6) is 0 Å². The Morgan fingerprint density at radius 2 is 1.23 bits per heavy atom. The summed E-state index contributed by atoms with van der Waals surface area (Å²) in [4.78, 5) is 12.6. The Bertz CT molecular complexity index is 568. The summed E-state index contributed by atoms with van der Waals surface area (Å²) in [6, 6.07) is 6.20. The average molecular weight is 418 g/mol. The molecule has 1 atom stereocenters. The molecule has 0 fully saturated rings. The van der Waals surface area contributed by atoms with Crippen LogP contribution in [0.1, 0.15) is 135 Å². The van der Waals surface area contributed by atoms with Crippen LogP contribution < -0.4 is 5.32 Å². The van der Waals surface area contributed by atoms with Crippen molar-refractivity contribution in [2.75, 3.05) is 5.32 Å². The topological polar surface area (TPSA) is 49.3 Å². The minimum Gasteiger partial charge on any atom is -0.383 e. The molecule has 0 aliphatic carbocycles. The second-order valence-electron chi connectivity index (χ2n) is 9.45. The van der Waals surface area contributed by atoms with Crippen molar-refractivity contribution in [1.82, 2.24) is 0 Å². The van der Waals surface area contributed by atoms with Gasteiger partial charge in [0.05, 0.1) is 0 Å². The Morgan fingerprint density at radius 3 is 1.67 bits per heavy atom. The van der Waals surface area contributed by atoms with Crippen molar-refractivity contribution >= 4 is 11.6 Å². The summed E-state index contributed by atoms with van der Waals surface area (Å²) in [6.07, 6.45) is 13.6. The van der Waals surface area contributed by atoms with Crippen molar-refractivity contribution in [1.29, 1.82) is 0 Å². The number of benzene rings is 1. The van der Waals surface area contributed by atoms with Crippen molar-refractivity contribution in [2.24, 2.45) is 0 Å². The molecular weight excluding hydrogens is 370 g/mol. The lowest BCUT2D eigenvalue weighted by atomic mass is 9.92. The highest BCUT2D eigenvalue weighted by atomic mass is 16.3. The number of carbonyl (C=O) groups is 1. The van der Waals surface area contributed by atoms with Crippen LogP contribution in [-0.4, -0.2) is 17.1 Å². The molecule has 30 heavy (non-hydrogen) atoms. The lowest BCUT2D eigenvalue weighted by Gasteiger charge is -2.21. The molecule has 172 valence electrons. The average Bonchev–Trinajstić information content (AvgIpc) is 2.71. The molecule has 3 heteroatoms. The van der Waals surface area contributed by atoms with Crippen LogP contribution in [0.4, 0.5) is 5.69 Å². The summed E-state index contributed by atoms with van der Waals surface area (Å²) in [6.45, 7) is 10.8. The van der Waals surface area contributed by atoms with Crippen molar-refractivity contribution in [3.8, 4) is 0 Å². The highest BCUT2D eigenvalue weighted by Crippen LogP contribution is 2.32. The van der Waals surface area contributed by atoms with Gasteiger partial charge in [-0.15, -0.1) is 0 Å². The Labute approximate surface area is 186 Å². The second-order valence-corrected chi connectivity index (χ2v) is 9.45. The number of rotatable bonds is 16. The number of amides is 1. The molecule has 2 N–H and O–H groups in total. The van der Waals surface area contributed by atoms with Gasteiger partial charge in [0.25, 0.3) is 5.91 Å². The zero-order valence-electron chi connectivity index (χ0n) is 20.3.